The molecule has 0 aliphatic carbocycles. The minimum absolute atomic E-state index is 0.00732. The Hall–Kier alpha value is -0.660. The number of hydrogen-bond donors (Lipinski definition) is 1. The average Bonchev–Trinajstić information content (AvgIpc) is 2.66. The first-order chi connectivity index (χ1) is 7.76. The van der Waals surface area contributed by atoms with Gasteiger partial charge in [0.15, 0.2) is 4.34 Å². The van der Waals surface area contributed by atoms with Gasteiger partial charge in [-0.25, -0.2) is 0 Å². The minimum atomic E-state index is -0.00732. The SMILES string of the molecule is CCCC(=O)Nc1nnc(SCCOC)s1. The van der Waals surface area contributed by atoms with Crippen LogP contribution in [0.2, 0.25) is 0 Å². The highest BCUT2D eigenvalue weighted by Crippen LogP contribution is 2.25. The van der Waals surface area contributed by atoms with E-state index in [1.807, 2.05) is 6.92 Å². The van der Waals surface area contributed by atoms with Crippen LogP contribution in [0.5, 0.6) is 0 Å². The summed E-state index contributed by atoms with van der Waals surface area (Å²) in [5, 5.41) is 11.1. The molecule has 0 unspecified atom stereocenters. The Morgan fingerprint density at radius 3 is 3.06 bits per heavy atom. The topological polar surface area (TPSA) is 64.1 Å². The highest BCUT2D eigenvalue weighted by atomic mass is 32.2. The summed E-state index contributed by atoms with van der Waals surface area (Å²) in [6.45, 7) is 2.65. The molecule has 1 aromatic rings. The molecule has 0 saturated carbocycles. The van der Waals surface area contributed by atoms with E-state index in [9.17, 15) is 4.79 Å². The maximum Gasteiger partial charge on any atom is 0.226 e. The zero-order chi connectivity index (χ0) is 11.8. The fourth-order valence-corrected chi connectivity index (χ4v) is 2.68. The van der Waals surface area contributed by atoms with Gasteiger partial charge in [-0.05, 0) is 6.42 Å². The van der Waals surface area contributed by atoms with E-state index in [2.05, 4.69) is 15.5 Å². The molecule has 0 fully saturated rings. The Morgan fingerprint density at radius 2 is 2.38 bits per heavy atom. The number of nitrogens with one attached hydrogen (secondary N) is 1. The molecule has 90 valence electrons. The predicted octanol–water partition coefficient (Wildman–Crippen LogP) is 2.02. The van der Waals surface area contributed by atoms with Crippen molar-refractivity contribution in [1.82, 2.24) is 10.2 Å². The van der Waals surface area contributed by atoms with Crippen LogP contribution in [-0.2, 0) is 9.53 Å². The van der Waals surface area contributed by atoms with E-state index in [0.717, 1.165) is 16.5 Å². The van der Waals surface area contributed by atoms with Crippen LogP contribution in [0.4, 0.5) is 5.13 Å². The Labute approximate surface area is 103 Å². The maximum atomic E-state index is 11.3. The normalized spacial score (nSPS) is 10.4. The summed E-state index contributed by atoms with van der Waals surface area (Å²) in [5.74, 6) is 0.834. The van der Waals surface area contributed by atoms with E-state index in [1.54, 1.807) is 18.9 Å². The molecular weight excluding hydrogens is 246 g/mol. The van der Waals surface area contributed by atoms with Crippen LogP contribution in [0.3, 0.4) is 0 Å². The highest BCUT2D eigenvalue weighted by Gasteiger charge is 2.07. The monoisotopic (exact) mass is 261 g/mol. The van der Waals surface area contributed by atoms with Crippen molar-refractivity contribution < 1.29 is 9.53 Å². The molecule has 0 spiro atoms. The first-order valence-corrected chi connectivity index (χ1v) is 6.81. The summed E-state index contributed by atoms with van der Waals surface area (Å²) >= 11 is 2.97. The lowest BCUT2D eigenvalue weighted by Crippen LogP contribution is -2.10. The molecular formula is C9H15N3O2S2. The summed E-state index contributed by atoms with van der Waals surface area (Å²) in [6, 6.07) is 0. The van der Waals surface area contributed by atoms with Crippen molar-refractivity contribution >= 4 is 34.1 Å². The fourth-order valence-electron chi connectivity index (χ4n) is 0.940. The van der Waals surface area contributed by atoms with E-state index in [4.69, 9.17) is 4.74 Å². The second-order valence-corrected chi connectivity index (χ2v) is 5.33. The molecule has 1 amide bonds. The molecule has 0 aliphatic heterocycles. The lowest BCUT2D eigenvalue weighted by Gasteiger charge is -1.97. The van der Waals surface area contributed by atoms with Crippen LogP contribution in [0.25, 0.3) is 0 Å². The Balaban J connectivity index is 2.36. The van der Waals surface area contributed by atoms with Gasteiger partial charge in [-0.15, -0.1) is 10.2 Å². The zero-order valence-electron chi connectivity index (χ0n) is 9.36. The van der Waals surface area contributed by atoms with Gasteiger partial charge in [0.1, 0.15) is 0 Å². The van der Waals surface area contributed by atoms with E-state index in [-0.39, 0.29) is 5.91 Å². The number of carbonyl (C=O) groups is 1. The van der Waals surface area contributed by atoms with Gasteiger partial charge in [0, 0.05) is 19.3 Å². The molecule has 1 N–H and O–H groups in total. The number of rotatable bonds is 7. The van der Waals surface area contributed by atoms with Gasteiger partial charge in [-0.3, -0.25) is 4.79 Å². The van der Waals surface area contributed by atoms with Crippen molar-refractivity contribution in [2.45, 2.75) is 24.1 Å². The average molecular weight is 261 g/mol. The molecule has 0 bridgehead atoms. The van der Waals surface area contributed by atoms with Crippen LogP contribution in [0, 0.1) is 0 Å². The standard InChI is InChI=1S/C9H15N3O2S2/c1-3-4-7(13)10-8-11-12-9(16-8)15-6-5-14-2/h3-6H2,1-2H3,(H,10,11,13). The Morgan fingerprint density at radius 1 is 1.56 bits per heavy atom. The van der Waals surface area contributed by atoms with Gasteiger partial charge in [-0.1, -0.05) is 30.0 Å². The fraction of sp³-hybridized carbons (Fsp3) is 0.667. The predicted molar refractivity (Wildman–Crippen MR) is 66.0 cm³/mol. The lowest BCUT2D eigenvalue weighted by molar-refractivity contribution is -0.116. The largest absolute Gasteiger partial charge is 0.384 e. The molecule has 0 atom stereocenters. The van der Waals surface area contributed by atoms with E-state index >= 15 is 0 Å². The van der Waals surface area contributed by atoms with Crippen LogP contribution in [-0.4, -0.2) is 35.6 Å². The quantitative estimate of drug-likeness (QED) is 0.462. The second-order valence-electron chi connectivity index (χ2n) is 3.01. The van der Waals surface area contributed by atoms with Gasteiger partial charge >= 0.3 is 0 Å². The maximum absolute atomic E-state index is 11.3. The number of anilines is 1. The summed E-state index contributed by atoms with van der Waals surface area (Å²) in [6.07, 6.45) is 1.35. The third kappa shape index (κ3) is 4.91. The molecule has 0 aromatic carbocycles. The first-order valence-electron chi connectivity index (χ1n) is 5.01. The number of aromatic nitrogens is 2. The number of hydrogen-bond acceptors (Lipinski definition) is 6. The number of ether oxygens (including phenoxy) is 1. The minimum Gasteiger partial charge on any atom is -0.384 e. The first kappa shape index (κ1) is 13.4. The summed E-state index contributed by atoms with van der Waals surface area (Å²) < 4.78 is 5.78. The Kier molecular flexibility index (Phi) is 6.36. The number of thioether (sulfide) groups is 1. The van der Waals surface area contributed by atoms with Gasteiger partial charge in [0.05, 0.1) is 6.61 Å². The van der Waals surface area contributed by atoms with Crippen LogP contribution in [0.15, 0.2) is 4.34 Å². The van der Waals surface area contributed by atoms with Crippen molar-refractivity contribution in [3.8, 4) is 0 Å². The number of amides is 1. The molecule has 1 aromatic heterocycles. The molecule has 1 rings (SSSR count). The zero-order valence-corrected chi connectivity index (χ0v) is 11.0. The van der Waals surface area contributed by atoms with Crippen molar-refractivity contribution in [3.05, 3.63) is 0 Å². The van der Waals surface area contributed by atoms with Crippen molar-refractivity contribution in [3.63, 3.8) is 0 Å². The van der Waals surface area contributed by atoms with E-state index in [0.29, 0.717) is 18.2 Å². The number of carbonyl (C=O) groups excluding carboxylic acids is 1. The van der Waals surface area contributed by atoms with Gasteiger partial charge in [-0.2, -0.15) is 0 Å². The third-order valence-corrected chi connectivity index (χ3v) is 3.58. The summed E-state index contributed by atoms with van der Waals surface area (Å²) in [7, 11) is 1.66. The molecule has 7 heteroatoms. The van der Waals surface area contributed by atoms with E-state index < -0.39 is 0 Å². The molecule has 0 saturated heterocycles. The van der Waals surface area contributed by atoms with Gasteiger partial charge in [0.25, 0.3) is 0 Å². The molecule has 1 heterocycles. The Bertz CT molecular complexity index is 330. The second kappa shape index (κ2) is 7.59. The molecule has 16 heavy (non-hydrogen) atoms. The number of methoxy groups -OCH3 is 1. The van der Waals surface area contributed by atoms with Crippen molar-refractivity contribution in [2.24, 2.45) is 0 Å². The third-order valence-electron chi connectivity index (χ3n) is 1.64. The van der Waals surface area contributed by atoms with Gasteiger partial charge < -0.3 is 10.1 Å². The van der Waals surface area contributed by atoms with E-state index in [1.165, 1.54) is 11.3 Å². The molecule has 0 radical (unpaired) electrons. The van der Waals surface area contributed by atoms with Crippen LogP contribution >= 0.6 is 23.1 Å². The number of nitrogens with zero attached hydrogens (tertiary/aromatic N) is 2. The van der Waals surface area contributed by atoms with Crippen LogP contribution in [0.1, 0.15) is 19.8 Å². The summed E-state index contributed by atoms with van der Waals surface area (Å²) in [5.41, 5.74) is 0. The smallest absolute Gasteiger partial charge is 0.226 e. The molecule has 0 aliphatic rings. The molecule has 5 nitrogen and oxygen atoms in total. The van der Waals surface area contributed by atoms with Gasteiger partial charge in [0.2, 0.25) is 11.0 Å². The highest BCUT2D eigenvalue weighted by molar-refractivity contribution is 8.01. The lowest BCUT2D eigenvalue weighted by atomic mass is 10.3. The van der Waals surface area contributed by atoms with Crippen LogP contribution < -0.4 is 5.32 Å². The summed E-state index contributed by atoms with van der Waals surface area (Å²) in [4.78, 5) is 11.3. The van der Waals surface area contributed by atoms with Crippen molar-refractivity contribution in [1.29, 1.82) is 0 Å². The van der Waals surface area contributed by atoms with Crippen molar-refractivity contribution in [2.75, 3.05) is 24.8 Å².